The van der Waals surface area contributed by atoms with Crippen molar-refractivity contribution in [2.24, 2.45) is 0 Å². The molecule has 4 nitrogen and oxygen atoms in total. The van der Waals surface area contributed by atoms with Crippen molar-refractivity contribution in [3.63, 3.8) is 0 Å². The van der Waals surface area contributed by atoms with Crippen LogP contribution in [0.25, 0.3) is 0 Å². The molecule has 0 saturated carbocycles. The molecule has 0 bridgehead atoms. The first-order valence-corrected chi connectivity index (χ1v) is 5.48. The number of aromatic nitrogens is 1. The molecule has 0 radical (unpaired) electrons. The summed E-state index contributed by atoms with van der Waals surface area (Å²) >= 11 is 0. The first-order chi connectivity index (χ1) is 8.69. The number of anilines is 2. The molecule has 94 valence electrons. The lowest BCUT2D eigenvalue weighted by molar-refractivity contribution is 0.398. The van der Waals surface area contributed by atoms with E-state index in [-0.39, 0.29) is 5.82 Å². The van der Waals surface area contributed by atoms with Crippen molar-refractivity contribution < 1.29 is 9.13 Å². The maximum absolute atomic E-state index is 13.0. The lowest BCUT2D eigenvalue weighted by Crippen LogP contribution is -2.05. The van der Waals surface area contributed by atoms with E-state index in [4.69, 9.17) is 10.5 Å². The molecule has 1 heterocycles. The van der Waals surface area contributed by atoms with Crippen molar-refractivity contribution in [2.75, 3.05) is 18.2 Å². The minimum absolute atomic E-state index is 0.263. The third-order valence-electron chi connectivity index (χ3n) is 2.46. The first-order valence-electron chi connectivity index (χ1n) is 5.48. The van der Waals surface area contributed by atoms with E-state index < -0.39 is 0 Å². The molecule has 1 aromatic carbocycles. The van der Waals surface area contributed by atoms with E-state index in [1.165, 1.54) is 19.2 Å². The normalized spacial score (nSPS) is 10.1. The average Bonchev–Trinajstić information content (AvgIpc) is 2.38. The number of benzene rings is 1. The van der Waals surface area contributed by atoms with Gasteiger partial charge in [0.1, 0.15) is 5.82 Å². The fourth-order valence-electron chi connectivity index (χ4n) is 1.54. The molecule has 0 aliphatic heterocycles. The minimum Gasteiger partial charge on any atom is -0.481 e. The largest absolute Gasteiger partial charge is 0.481 e. The SMILES string of the molecule is COc1ccc(N)c(NCc2cccc(F)c2)n1. The van der Waals surface area contributed by atoms with Crippen LogP contribution in [0.2, 0.25) is 0 Å². The Labute approximate surface area is 105 Å². The van der Waals surface area contributed by atoms with E-state index >= 15 is 0 Å². The van der Waals surface area contributed by atoms with Gasteiger partial charge in [0, 0.05) is 12.6 Å². The Hall–Kier alpha value is -2.30. The number of nitrogens with two attached hydrogens (primary N) is 1. The van der Waals surface area contributed by atoms with Crippen molar-refractivity contribution >= 4 is 11.5 Å². The maximum atomic E-state index is 13.0. The maximum Gasteiger partial charge on any atom is 0.215 e. The number of pyridine rings is 1. The van der Waals surface area contributed by atoms with Crippen LogP contribution < -0.4 is 15.8 Å². The second kappa shape index (κ2) is 5.35. The molecule has 0 aliphatic rings. The van der Waals surface area contributed by atoms with E-state index in [1.54, 1.807) is 18.2 Å². The zero-order valence-electron chi connectivity index (χ0n) is 9.98. The molecule has 0 amide bonds. The van der Waals surface area contributed by atoms with Crippen LogP contribution in [-0.4, -0.2) is 12.1 Å². The quantitative estimate of drug-likeness (QED) is 0.871. The summed E-state index contributed by atoms with van der Waals surface area (Å²) in [6.45, 7) is 0.447. The highest BCUT2D eigenvalue weighted by Crippen LogP contribution is 2.20. The summed E-state index contributed by atoms with van der Waals surface area (Å²) < 4.78 is 18.0. The molecule has 0 atom stereocenters. The van der Waals surface area contributed by atoms with E-state index in [0.29, 0.717) is 23.9 Å². The van der Waals surface area contributed by atoms with Crippen LogP contribution in [0.3, 0.4) is 0 Å². The van der Waals surface area contributed by atoms with Crippen LogP contribution in [0.4, 0.5) is 15.9 Å². The Morgan fingerprint density at radius 2 is 2.17 bits per heavy atom. The van der Waals surface area contributed by atoms with Gasteiger partial charge in [0.2, 0.25) is 5.88 Å². The number of hydrogen-bond donors (Lipinski definition) is 2. The molecule has 1 aromatic heterocycles. The van der Waals surface area contributed by atoms with Gasteiger partial charge in [0.25, 0.3) is 0 Å². The summed E-state index contributed by atoms with van der Waals surface area (Å²) in [5.74, 6) is 0.741. The molecule has 0 saturated heterocycles. The van der Waals surface area contributed by atoms with Crippen LogP contribution in [-0.2, 0) is 6.54 Å². The average molecular weight is 247 g/mol. The van der Waals surface area contributed by atoms with Crippen LogP contribution in [0.15, 0.2) is 36.4 Å². The first kappa shape index (κ1) is 12.2. The van der Waals surface area contributed by atoms with Crippen LogP contribution in [0, 0.1) is 5.82 Å². The predicted octanol–water partition coefficient (Wildman–Crippen LogP) is 2.42. The van der Waals surface area contributed by atoms with Gasteiger partial charge < -0.3 is 15.8 Å². The fraction of sp³-hybridized carbons (Fsp3) is 0.154. The van der Waals surface area contributed by atoms with Gasteiger partial charge in [0.15, 0.2) is 5.82 Å². The fourth-order valence-corrected chi connectivity index (χ4v) is 1.54. The molecule has 0 aliphatic carbocycles. The van der Waals surface area contributed by atoms with E-state index in [9.17, 15) is 4.39 Å². The summed E-state index contributed by atoms with van der Waals surface area (Å²) in [6, 6.07) is 9.74. The number of nitrogens with zero attached hydrogens (tertiary/aromatic N) is 1. The summed E-state index contributed by atoms with van der Waals surface area (Å²) in [5.41, 5.74) is 7.12. The summed E-state index contributed by atoms with van der Waals surface area (Å²) in [5, 5.41) is 3.05. The van der Waals surface area contributed by atoms with Crippen LogP contribution in [0.5, 0.6) is 5.88 Å². The smallest absolute Gasteiger partial charge is 0.215 e. The number of nitrogen functional groups attached to an aromatic ring is 1. The van der Waals surface area contributed by atoms with Crippen molar-refractivity contribution in [3.8, 4) is 5.88 Å². The molecule has 2 rings (SSSR count). The van der Waals surface area contributed by atoms with E-state index in [1.807, 2.05) is 6.07 Å². The summed E-state index contributed by atoms with van der Waals surface area (Å²) in [6.07, 6.45) is 0. The van der Waals surface area contributed by atoms with Gasteiger partial charge in [-0.2, -0.15) is 4.98 Å². The van der Waals surface area contributed by atoms with Gasteiger partial charge in [-0.1, -0.05) is 12.1 Å². The third kappa shape index (κ3) is 2.88. The Morgan fingerprint density at radius 3 is 2.89 bits per heavy atom. The van der Waals surface area contributed by atoms with Crippen molar-refractivity contribution in [1.82, 2.24) is 4.98 Å². The summed E-state index contributed by atoms with van der Waals surface area (Å²) in [4.78, 5) is 4.18. The monoisotopic (exact) mass is 247 g/mol. The molecule has 2 aromatic rings. The van der Waals surface area contributed by atoms with Crippen molar-refractivity contribution in [1.29, 1.82) is 0 Å². The lowest BCUT2D eigenvalue weighted by Gasteiger charge is -2.09. The highest BCUT2D eigenvalue weighted by Gasteiger charge is 2.03. The molecule has 18 heavy (non-hydrogen) atoms. The minimum atomic E-state index is -0.263. The molecular weight excluding hydrogens is 233 g/mol. The lowest BCUT2D eigenvalue weighted by atomic mass is 10.2. The highest BCUT2D eigenvalue weighted by atomic mass is 19.1. The molecule has 0 spiro atoms. The zero-order valence-corrected chi connectivity index (χ0v) is 9.98. The van der Waals surface area contributed by atoms with Gasteiger partial charge in [-0.05, 0) is 23.8 Å². The van der Waals surface area contributed by atoms with Gasteiger partial charge in [-0.15, -0.1) is 0 Å². The predicted molar refractivity (Wildman–Crippen MR) is 68.9 cm³/mol. The topological polar surface area (TPSA) is 60.2 Å². The second-order valence-electron chi connectivity index (χ2n) is 3.77. The molecular formula is C13H14FN3O. The zero-order chi connectivity index (χ0) is 13.0. The van der Waals surface area contributed by atoms with Crippen molar-refractivity contribution in [3.05, 3.63) is 47.8 Å². The Morgan fingerprint density at radius 1 is 1.33 bits per heavy atom. The Kier molecular flexibility index (Phi) is 3.62. The van der Waals surface area contributed by atoms with Crippen molar-refractivity contribution in [2.45, 2.75) is 6.54 Å². The number of halogens is 1. The molecule has 0 fully saturated rings. The number of hydrogen-bond acceptors (Lipinski definition) is 4. The van der Waals surface area contributed by atoms with Gasteiger partial charge in [0.05, 0.1) is 12.8 Å². The van der Waals surface area contributed by atoms with Gasteiger partial charge in [-0.25, -0.2) is 4.39 Å². The Balaban J connectivity index is 2.10. The highest BCUT2D eigenvalue weighted by molar-refractivity contribution is 5.62. The number of ether oxygens (including phenoxy) is 1. The van der Waals surface area contributed by atoms with E-state index in [2.05, 4.69) is 10.3 Å². The number of rotatable bonds is 4. The van der Waals surface area contributed by atoms with Gasteiger partial charge >= 0.3 is 0 Å². The van der Waals surface area contributed by atoms with Gasteiger partial charge in [-0.3, -0.25) is 0 Å². The number of methoxy groups -OCH3 is 1. The third-order valence-corrected chi connectivity index (χ3v) is 2.46. The number of nitrogens with one attached hydrogen (secondary N) is 1. The van der Waals surface area contributed by atoms with Crippen LogP contribution >= 0.6 is 0 Å². The molecule has 0 unspecified atom stereocenters. The Bertz CT molecular complexity index is 546. The molecule has 5 heteroatoms. The standard InChI is InChI=1S/C13H14FN3O/c1-18-12-6-5-11(15)13(17-12)16-8-9-3-2-4-10(14)7-9/h2-7H,8,15H2,1H3,(H,16,17). The summed E-state index contributed by atoms with van der Waals surface area (Å²) in [7, 11) is 1.54. The van der Waals surface area contributed by atoms with E-state index in [0.717, 1.165) is 5.56 Å². The molecule has 3 N–H and O–H groups in total. The van der Waals surface area contributed by atoms with Crippen LogP contribution in [0.1, 0.15) is 5.56 Å². The second-order valence-corrected chi connectivity index (χ2v) is 3.77.